The van der Waals surface area contributed by atoms with Crippen molar-refractivity contribution in [1.82, 2.24) is 0 Å². The van der Waals surface area contributed by atoms with E-state index in [4.69, 9.17) is 0 Å². The topological polar surface area (TPSA) is 0 Å². The fourth-order valence-corrected chi connectivity index (χ4v) is 0.578. The van der Waals surface area contributed by atoms with Gasteiger partial charge in [0.1, 0.15) is 0 Å². The zero-order chi connectivity index (χ0) is 9.46. The van der Waals surface area contributed by atoms with Crippen LogP contribution in [-0.2, 0) is 0 Å². The fraction of sp³-hybridized carbons (Fsp3) is 0. The summed E-state index contributed by atoms with van der Waals surface area (Å²) in [7, 11) is 0. The molecule has 0 bridgehead atoms. The maximum Gasteiger partial charge on any atom is 0.200 e. The second-order valence-electron chi connectivity index (χ2n) is 1.88. The molecule has 0 aliphatic heterocycles. The van der Waals surface area contributed by atoms with E-state index >= 15 is 0 Å². The lowest BCUT2D eigenvalue weighted by Crippen LogP contribution is -2.04. The highest BCUT2D eigenvalue weighted by Gasteiger charge is 2.25. The van der Waals surface area contributed by atoms with Gasteiger partial charge in [0.05, 0.1) is 0 Å². The van der Waals surface area contributed by atoms with E-state index in [-0.39, 0.29) is 8.41 Å². The van der Waals surface area contributed by atoms with Gasteiger partial charge in [0, 0.05) is 8.41 Å². The molecule has 0 fully saturated rings. The number of halogens is 6. The average molecular weight is 197 g/mol. The minimum absolute atomic E-state index is 0. The molecular formula is C6BF6. The molecule has 0 atom stereocenters. The minimum atomic E-state index is -2.37. The van der Waals surface area contributed by atoms with E-state index in [9.17, 15) is 26.3 Å². The van der Waals surface area contributed by atoms with Gasteiger partial charge < -0.3 is 0 Å². The molecule has 0 aliphatic carbocycles. The molecule has 3 radical (unpaired) electrons. The Labute approximate surface area is 70.7 Å². The lowest BCUT2D eigenvalue weighted by Gasteiger charge is -1.99. The van der Waals surface area contributed by atoms with Gasteiger partial charge in [0.25, 0.3) is 0 Å². The van der Waals surface area contributed by atoms with Gasteiger partial charge in [0.15, 0.2) is 0 Å². The SMILES string of the molecule is Fc1c(F)c(F)c(F)c(F)c1F.[B]. The Hall–Kier alpha value is -1.14. The second kappa shape index (κ2) is 3.72. The summed E-state index contributed by atoms with van der Waals surface area (Å²) in [5, 5.41) is 0. The van der Waals surface area contributed by atoms with Crippen molar-refractivity contribution in [2.75, 3.05) is 0 Å². The van der Waals surface area contributed by atoms with Crippen molar-refractivity contribution in [3.8, 4) is 0 Å². The van der Waals surface area contributed by atoms with Crippen LogP contribution in [0.25, 0.3) is 0 Å². The fourth-order valence-electron chi connectivity index (χ4n) is 0.578. The Kier molecular flexibility index (Phi) is 3.39. The molecule has 0 saturated heterocycles. The predicted molar refractivity (Wildman–Crippen MR) is 31.9 cm³/mol. The molecule has 1 aromatic carbocycles. The first-order valence-corrected chi connectivity index (χ1v) is 2.63. The maximum absolute atomic E-state index is 12.0. The Morgan fingerprint density at radius 2 is 0.462 bits per heavy atom. The summed E-state index contributed by atoms with van der Waals surface area (Å²) in [6.07, 6.45) is 0. The largest absolute Gasteiger partial charge is 0.200 e. The number of benzene rings is 1. The first-order valence-electron chi connectivity index (χ1n) is 2.63. The standard InChI is InChI=1S/C6F6.B/c7-1-2(8)4(10)6(12)5(11)3(1)9;. The summed E-state index contributed by atoms with van der Waals surface area (Å²) in [4.78, 5) is 0. The second-order valence-corrected chi connectivity index (χ2v) is 1.88. The zero-order valence-electron chi connectivity index (χ0n) is 5.85. The van der Waals surface area contributed by atoms with Gasteiger partial charge in [-0.2, -0.15) is 0 Å². The third-order valence-electron chi connectivity index (χ3n) is 1.16. The molecule has 0 unspecified atom stereocenters. The Morgan fingerprint density at radius 3 is 0.538 bits per heavy atom. The van der Waals surface area contributed by atoms with Crippen molar-refractivity contribution in [3.05, 3.63) is 34.9 Å². The monoisotopic (exact) mass is 197 g/mol. The Balaban J connectivity index is 0.00000144. The van der Waals surface area contributed by atoms with Crippen LogP contribution in [0, 0.1) is 34.9 Å². The molecule has 0 amide bonds. The smallest absolute Gasteiger partial charge is 0.200 e. The van der Waals surface area contributed by atoms with Crippen LogP contribution in [0.2, 0.25) is 0 Å². The van der Waals surface area contributed by atoms with Crippen molar-refractivity contribution < 1.29 is 26.3 Å². The van der Waals surface area contributed by atoms with Gasteiger partial charge >= 0.3 is 0 Å². The van der Waals surface area contributed by atoms with Gasteiger partial charge in [0.2, 0.25) is 34.9 Å². The number of hydrogen-bond donors (Lipinski definition) is 0. The van der Waals surface area contributed by atoms with Gasteiger partial charge in [-0.3, -0.25) is 0 Å². The van der Waals surface area contributed by atoms with Gasteiger partial charge in [-0.05, 0) is 0 Å². The quantitative estimate of drug-likeness (QED) is 0.258. The molecule has 0 aromatic heterocycles. The molecule has 0 saturated carbocycles. The molecule has 0 N–H and O–H groups in total. The van der Waals surface area contributed by atoms with Crippen molar-refractivity contribution in [2.45, 2.75) is 0 Å². The van der Waals surface area contributed by atoms with E-state index < -0.39 is 34.9 Å². The average Bonchev–Trinajstić information content (AvgIpc) is 2.08. The summed E-state index contributed by atoms with van der Waals surface area (Å²) < 4.78 is 72.2. The van der Waals surface area contributed by atoms with E-state index in [2.05, 4.69) is 0 Å². The van der Waals surface area contributed by atoms with Gasteiger partial charge in [-0.15, -0.1) is 0 Å². The summed E-state index contributed by atoms with van der Waals surface area (Å²) >= 11 is 0. The number of hydrogen-bond acceptors (Lipinski definition) is 0. The summed E-state index contributed by atoms with van der Waals surface area (Å²) in [6, 6.07) is 0. The minimum Gasteiger partial charge on any atom is -0.200 e. The van der Waals surface area contributed by atoms with Gasteiger partial charge in [-0.25, -0.2) is 26.3 Å². The molecule has 1 aromatic rings. The summed E-state index contributed by atoms with van der Waals surface area (Å²) in [6.45, 7) is 0. The van der Waals surface area contributed by atoms with Crippen LogP contribution in [0.4, 0.5) is 26.3 Å². The molecule has 69 valence electrons. The highest BCUT2D eigenvalue weighted by atomic mass is 19.2. The Bertz CT molecular complexity index is 231. The summed E-state index contributed by atoms with van der Waals surface area (Å²) in [5.74, 6) is -14.2. The highest BCUT2D eigenvalue weighted by molar-refractivity contribution is 5.75. The molecule has 0 nitrogen and oxygen atoms in total. The lowest BCUT2D eigenvalue weighted by molar-refractivity contribution is 0.334. The van der Waals surface area contributed by atoms with Crippen molar-refractivity contribution in [3.63, 3.8) is 0 Å². The maximum atomic E-state index is 12.0. The molecular weight excluding hydrogens is 197 g/mol. The van der Waals surface area contributed by atoms with Gasteiger partial charge in [-0.1, -0.05) is 0 Å². The third kappa shape index (κ3) is 1.63. The highest BCUT2D eigenvalue weighted by Crippen LogP contribution is 2.20. The number of rotatable bonds is 0. The predicted octanol–water partition coefficient (Wildman–Crippen LogP) is 2.14. The van der Waals surface area contributed by atoms with Crippen molar-refractivity contribution in [2.24, 2.45) is 0 Å². The van der Waals surface area contributed by atoms with Crippen LogP contribution in [0.15, 0.2) is 0 Å². The molecule has 0 aliphatic rings. The first-order chi connectivity index (χ1) is 5.46. The van der Waals surface area contributed by atoms with E-state index in [1.807, 2.05) is 0 Å². The van der Waals surface area contributed by atoms with Crippen LogP contribution < -0.4 is 0 Å². The van der Waals surface area contributed by atoms with Crippen LogP contribution in [0.5, 0.6) is 0 Å². The van der Waals surface area contributed by atoms with Crippen molar-refractivity contribution >= 4 is 8.41 Å². The first kappa shape index (κ1) is 11.9. The third-order valence-corrected chi connectivity index (χ3v) is 1.16. The van der Waals surface area contributed by atoms with Crippen LogP contribution in [-0.4, -0.2) is 8.41 Å². The zero-order valence-corrected chi connectivity index (χ0v) is 5.85. The van der Waals surface area contributed by atoms with E-state index in [1.165, 1.54) is 0 Å². The normalized spacial score (nSPS) is 9.69. The lowest BCUT2D eigenvalue weighted by atomic mass is 10.3. The molecule has 1 rings (SSSR count). The van der Waals surface area contributed by atoms with Crippen LogP contribution in [0.1, 0.15) is 0 Å². The van der Waals surface area contributed by atoms with Crippen LogP contribution in [0.3, 0.4) is 0 Å². The van der Waals surface area contributed by atoms with E-state index in [0.29, 0.717) is 0 Å². The molecule has 7 heteroatoms. The van der Waals surface area contributed by atoms with E-state index in [0.717, 1.165) is 0 Å². The van der Waals surface area contributed by atoms with E-state index in [1.54, 1.807) is 0 Å². The molecule has 0 spiro atoms. The van der Waals surface area contributed by atoms with Crippen molar-refractivity contribution in [1.29, 1.82) is 0 Å². The molecule has 13 heavy (non-hydrogen) atoms. The Morgan fingerprint density at radius 1 is 0.385 bits per heavy atom. The van der Waals surface area contributed by atoms with Crippen LogP contribution >= 0.6 is 0 Å². The molecule has 0 heterocycles. The summed E-state index contributed by atoms with van der Waals surface area (Å²) in [5.41, 5.74) is 0.